The maximum Gasteiger partial charge on any atom is 0.225 e. The van der Waals surface area contributed by atoms with Gasteiger partial charge in [-0.2, -0.15) is 4.98 Å². The van der Waals surface area contributed by atoms with E-state index in [4.69, 9.17) is 11.6 Å². The van der Waals surface area contributed by atoms with Crippen LogP contribution in [0, 0.1) is 0 Å². The lowest BCUT2D eigenvalue weighted by Gasteiger charge is -2.13. The Kier molecular flexibility index (Phi) is 6.57. The van der Waals surface area contributed by atoms with Crippen molar-refractivity contribution < 1.29 is 0 Å². The van der Waals surface area contributed by atoms with Crippen LogP contribution >= 0.6 is 11.6 Å². The third-order valence-electron chi connectivity index (χ3n) is 3.87. The third-order valence-corrected chi connectivity index (χ3v) is 4.12. The summed E-state index contributed by atoms with van der Waals surface area (Å²) in [4.78, 5) is 15.6. The van der Waals surface area contributed by atoms with Crippen LogP contribution in [0.1, 0.15) is 6.42 Å². The molecule has 0 saturated carbocycles. The molecule has 140 valence electrons. The number of halogens is 1. The van der Waals surface area contributed by atoms with Gasteiger partial charge in [-0.05, 0) is 63.5 Å². The predicted molar refractivity (Wildman–Crippen MR) is 112 cm³/mol. The lowest BCUT2D eigenvalue weighted by Crippen LogP contribution is -2.17. The molecule has 2 N–H and O–H groups in total. The Bertz CT molecular complexity index is 852. The molecule has 0 aliphatic heterocycles. The van der Waals surface area contributed by atoms with Crippen molar-refractivity contribution in [2.24, 2.45) is 0 Å². The Balaban J connectivity index is 1.82. The van der Waals surface area contributed by atoms with E-state index >= 15 is 0 Å². The van der Waals surface area contributed by atoms with Crippen LogP contribution in [0.25, 0.3) is 11.3 Å². The zero-order chi connectivity index (χ0) is 19.1. The zero-order valence-electron chi connectivity index (χ0n) is 15.5. The van der Waals surface area contributed by atoms with Crippen molar-refractivity contribution in [3.8, 4) is 11.3 Å². The van der Waals surface area contributed by atoms with Crippen LogP contribution < -0.4 is 10.6 Å². The van der Waals surface area contributed by atoms with Gasteiger partial charge < -0.3 is 15.5 Å². The summed E-state index contributed by atoms with van der Waals surface area (Å²) in [6.07, 6.45) is 4.55. The number of anilines is 3. The monoisotopic (exact) mass is 382 g/mol. The summed E-state index contributed by atoms with van der Waals surface area (Å²) in [6, 6.07) is 13.3. The lowest BCUT2D eigenvalue weighted by molar-refractivity contribution is 0.405. The first-order valence-electron chi connectivity index (χ1n) is 8.81. The molecule has 0 radical (unpaired) electrons. The summed E-state index contributed by atoms with van der Waals surface area (Å²) in [5, 5.41) is 7.32. The van der Waals surface area contributed by atoms with Gasteiger partial charge >= 0.3 is 0 Å². The molecule has 0 spiro atoms. The Hall–Kier alpha value is -2.70. The molecule has 0 bridgehead atoms. The number of rotatable bonds is 8. The highest BCUT2D eigenvalue weighted by atomic mass is 35.5. The van der Waals surface area contributed by atoms with Gasteiger partial charge in [-0.3, -0.25) is 4.98 Å². The summed E-state index contributed by atoms with van der Waals surface area (Å²) in [5.41, 5.74) is 2.66. The van der Waals surface area contributed by atoms with E-state index in [1.54, 1.807) is 12.4 Å². The number of benzene rings is 1. The highest BCUT2D eigenvalue weighted by Crippen LogP contribution is 2.23. The molecule has 0 fully saturated rings. The van der Waals surface area contributed by atoms with Crippen LogP contribution in [0.3, 0.4) is 0 Å². The molecule has 0 amide bonds. The minimum absolute atomic E-state index is 0.589. The van der Waals surface area contributed by atoms with Crippen molar-refractivity contribution in [3.05, 3.63) is 59.9 Å². The number of nitrogens with zero attached hydrogens (tertiary/aromatic N) is 4. The molecule has 3 rings (SSSR count). The number of nitrogens with one attached hydrogen (secondary N) is 2. The fourth-order valence-corrected chi connectivity index (χ4v) is 2.66. The van der Waals surface area contributed by atoms with E-state index in [1.165, 1.54) is 0 Å². The average molecular weight is 383 g/mol. The van der Waals surface area contributed by atoms with Crippen molar-refractivity contribution in [1.82, 2.24) is 19.9 Å². The maximum atomic E-state index is 5.96. The van der Waals surface area contributed by atoms with Crippen LogP contribution in [0.4, 0.5) is 17.5 Å². The normalized spacial score (nSPS) is 10.8. The van der Waals surface area contributed by atoms with Gasteiger partial charge in [0.05, 0.1) is 5.69 Å². The first-order valence-corrected chi connectivity index (χ1v) is 9.18. The van der Waals surface area contributed by atoms with Gasteiger partial charge in [0.15, 0.2) is 0 Å². The second-order valence-electron chi connectivity index (χ2n) is 6.42. The highest BCUT2D eigenvalue weighted by molar-refractivity contribution is 6.30. The van der Waals surface area contributed by atoms with E-state index in [-0.39, 0.29) is 0 Å². The van der Waals surface area contributed by atoms with Crippen LogP contribution in [0.5, 0.6) is 0 Å². The number of hydrogen-bond acceptors (Lipinski definition) is 6. The molecule has 0 atom stereocenters. The minimum atomic E-state index is 0.589. The van der Waals surface area contributed by atoms with E-state index in [2.05, 4.69) is 44.6 Å². The van der Waals surface area contributed by atoms with E-state index in [9.17, 15) is 0 Å². The molecular weight excluding hydrogens is 360 g/mol. The molecule has 27 heavy (non-hydrogen) atoms. The largest absolute Gasteiger partial charge is 0.354 e. The molecule has 0 saturated heterocycles. The first-order chi connectivity index (χ1) is 13.1. The first kappa shape index (κ1) is 19.1. The maximum absolute atomic E-state index is 5.96. The summed E-state index contributed by atoms with van der Waals surface area (Å²) >= 11 is 5.96. The van der Waals surface area contributed by atoms with Gasteiger partial charge in [0, 0.05) is 41.3 Å². The van der Waals surface area contributed by atoms with Gasteiger partial charge in [-0.1, -0.05) is 11.6 Å². The Labute approximate surface area is 164 Å². The van der Waals surface area contributed by atoms with E-state index in [0.29, 0.717) is 16.8 Å². The van der Waals surface area contributed by atoms with Crippen LogP contribution in [-0.2, 0) is 0 Å². The molecule has 6 nitrogen and oxygen atoms in total. The van der Waals surface area contributed by atoms with E-state index in [1.807, 2.05) is 42.5 Å². The van der Waals surface area contributed by atoms with Gasteiger partial charge in [0.2, 0.25) is 5.95 Å². The van der Waals surface area contributed by atoms with Gasteiger partial charge in [0.1, 0.15) is 5.82 Å². The lowest BCUT2D eigenvalue weighted by atomic mass is 10.2. The predicted octanol–water partition coefficient (Wildman–Crippen LogP) is 4.30. The SMILES string of the molecule is CN(C)CCCNc1nc(Nc2ccc(Cl)cc2)cc(-c2cccnc2)n1. The minimum Gasteiger partial charge on any atom is -0.354 e. The molecule has 7 heteroatoms. The molecule has 1 aromatic carbocycles. The fourth-order valence-electron chi connectivity index (χ4n) is 2.53. The molecule has 2 heterocycles. The topological polar surface area (TPSA) is 66.0 Å². The quantitative estimate of drug-likeness (QED) is 0.566. The standard InChI is InChI=1S/C20H23ClN6/c1-27(2)12-4-11-23-20-25-18(15-5-3-10-22-14-15)13-19(26-20)24-17-8-6-16(21)7-9-17/h3,5-10,13-14H,4,11-12H2,1-2H3,(H2,23,24,25,26). The third kappa shape index (κ3) is 5.91. The van der Waals surface area contributed by atoms with E-state index < -0.39 is 0 Å². The van der Waals surface area contributed by atoms with Gasteiger partial charge in [-0.25, -0.2) is 4.98 Å². The Morgan fingerprint density at radius 1 is 1.07 bits per heavy atom. The average Bonchev–Trinajstić information content (AvgIpc) is 2.67. The summed E-state index contributed by atoms with van der Waals surface area (Å²) in [6.45, 7) is 1.81. The van der Waals surface area contributed by atoms with Crippen molar-refractivity contribution in [3.63, 3.8) is 0 Å². The smallest absolute Gasteiger partial charge is 0.225 e. The molecule has 0 aliphatic rings. The van der Waals surface area contributed by atoms with E-state index in [0.717, 1.165) is 36.5 Å². The molecule has 3 aromatic rings. The molecule has 0 aliphatic carbocycles. The van der Waals surface area contributed by atoms with Crippen molar-refractivity contribution in [1.29, 1.82) is 0 Å². The van der Waals surface area contributed by atoms with Crippen LogP contribution in [0.2, 0.25) is 5.02 Å². The second kappa shape index (κ2) is 9.30. The number of pyridine rings is 1. The van der Waals surface area contributed by atoms with Crippen molar-refractivity contribution in [2.75, 3.05) is 37.8 Å². The van der Waals surface area contributed by atoms with Crippen molar-refractivity contribution >= 4 is 29.1 Å². The number of hydrogen-bond donors (Lipinski definition) is 2. The van der Waals surface area contributed by atoms with Gasteiger partial charge in [0.25, 0.3) is 0 Å². The summed E-state index contributed by atoms with van der Waals surface area (Å²) < 4.78 is 0. The van der Waals surface area contributed by atoms with Crippen LogP contribution in [0.15, 0.2) is 54.9 Å². The molecule has 0 unspecified atom stereocenters. The Morgan fingerprint density at radius 2 is 1.89 bits per heavy atom. The fraction of sp³-hybridized carbons (Fsp3) is 0.250. The second-order valence-corrected chi connectivity index (χ2v) is 6.86. The summed E-state index contributed by atoms with van der Waals surface area (Å²) in [7, 11) is 4.13. The zero-order valence-corrected chi connectivity index (χ0v) is 16.2. The van der Waals surface area contributed by atoms with Gasteiger partial charge in [-0.15, -0.1) is 0 Å². The highest BCUT2D eigenvalue weighted by Gasteiger charge is 2.08. The molecule has 2 aromatic heterocycles. The Morgan fingerprint density at radius 3 is 2.59 bits per heavy atom. The summed E-state index contributed by atoms with van der Waals surface area (Å²) in [5.74, 6) is 1.30. The van der Waals surface area contributed by atoms with Crippen LogP contribution in [-0.4, -0.2) is 47.0 Å². The van der Waals surface area contributed by atoms with Crippen molar-refractivity contribution in [2.45, 2.75) is 6.42 Å². The molecular formula is C20H23ClN6. The number of aromatic nitrogens is 3.